The number of nitrogens with zero attached hydrogens (tertiary/aromatic N) is 1. The Morgan fingerprint density at radius 2 is 2.19 bits per heavy atom. The minimum Gasteiger partial charge on any atom is -0.326 e. The SMILES string of the molecule is C=C(C)CC(N)C1(N(C)C)CCCC(C)C1. The van der Waals surface area contributed by atoms with Crippen LogP contribution in [0.15, 0.2) is 12.2 Å². The molecule has 0 spiro atoms. The molecule has 0 aromatic rings. The Kier molecular flexibility index (Phi) is 4.57. The molecule has 2 N–H and O–H groups in total. The molecule has 94 valence electrons. The molecule has 1 saturated carbocycles. The van der Waals surface area contributed by atoms with E-state index < -0.39 is 0 Å². The zero-order valence-corrected chi connectivity index (χ0v) is 11.4. The largest absolute Gasteiger partial charge is 0.326 e. The van der Waals surface area contributed by atoms with Crippen molar-refractivity contribution < 1.29 is 0 Å². The summed E-state index contributed by atoms with van der Waals surface area (Å²) in [6.07, 6.45) is 6.08. The lowest BCUT2D eigenvalue weighted by Gasteiger charge is -2.49. The smallest absolute Gasteiger partial charge is 0.0359 e. The predicted octanol–water partition coefficient (Wildman–Crippen LogP) is 2.79. The molecule has 0 aliphatic heterocycles. The van der Waals surface area contributed by atoms with E-state index in [9.17, 15) is 0 Å². The number of nitrogens with two attached hydrogens (primary N) is 1. The maximum atomic E-state index is 6.44. The minimum atomic E-state index is 0.191. The molecule has 0 aromatic carbocycles. The van der Waals surface area contributed by atoms with E-state index in [2.05, 4.69) is 39.4 Å². The zero-order valence-electron chi connectivity index (χ0n) is 11.4. The van der Waals surface area contributed by atoms with Crippen LogP contribution in [0.2, 0.25) is 0 Å². The maximum Gasteiger partial charge on any atom is 0.0359 e. The third-order valence-corrected chi connectivity index (χ3v) is 4.16. The summed E-state index contributed by atoms with van der Waals surface area (Å²) in [7, 11) is 4.35. The molecular weight excluding hydrogens is 196 g/mol. The number of hydrogen-bond donors (Lipinski definition) is 1. The molecule has 2 nitrogen and oxygen atoms in total. The Hall–Kier alpha value is -0.340. The van der Waals surface area contributed by atoms with Crippen molar-refractivity contribution in [1.82, 2.24) is 4.90 Å². The fourth-order valence-electron chi connectivity index (χ4n) is 3.20. The van der Waals surface area contributed by atoms with Crippen molar-refractivity contribution in [1.29, 1.82) is 0 Å². The van der Waals surface area contributed by atoms with Crippen LogP contribution in [0.3, 0.4) is 0 Å². The summed E-state index contributed by atoms with van der Waals surface area (Å²) < 4.78 is 0. The van der Waals surface area contributed by atoms with E-state index in [4.69, 9.17) is 5.73 Å². The Bertz CT molecular complexity index is 247. The highest BCUT2D eigenvalue weighted by molar-refractivity contribution is 5.05. The van der Waals surface area contributed by atoms with Crippen molar-refractivity contribution in [2.45, 2.75) is 57.5 Å². The van der Waals surface area contributed by atoms with Gasteiger partial charge in [0.25, 0.3) is 0 Å². The molecule has 1 rings (SSSR count). The fraction of sp³-hybridized carbons (Fsp3) is 0.857. The lowest BCUT2D eigenvalue weighted by atomic mass is 9.70. The second-order valence-electron chi connectivity index (χ2n) is 5.97. The molecule has 0 bridgehead atoms. The third-order valence-electron chi connectivity index (χ3n) is 4.16. The van der Waals surface area contributed by atoms with E-state index in [1.165, 1.54) is 31.3 Å². The van der Waals surface area contributed by atoms with Gasteiger partial charge in [-0.3, -0.25) is 0 Å². The molecule has 3 atom stereocenters. The molecule has 0 saturated heterocycles. The van der Waals surface area contributed by atoms with Gasteiger partial charge in [0.05, 0.1) is 0 Å². The molecule has 2 heteroatoms. The van der Waals surface area contributed by atoms with Crippen LogP contribution in [0.4, 0.5) is 0 Å². The summed E-state index contributed by atoms with van der Waals surface area (Å²) in [6, 6.07) is 0.225. The molecule has 16 heavy (non-hydrogen) atoms. The molecule has 1 aliphatic rings. The third kappa shape index (κ3) is 2.86. The highest BCUT2D eigenvalue weighted by atomic mass is 15.2. The second-order valence-corrected chi connectivity index (χ2v) is 5.97. The molecule has 0 radical (unpaired) electrons. The summed E-state index contributed by atoms with van der Waals surface area (Å²) in [4.78, 5) is 2.36. The van der Waals surface area contributed by atoms with Crippen LogP contribution in [-0.2, 0) is 0 Å². The van der Waals surface area contributed by atoms with E-state index in [0.717, 1.165) is 12.3 Å². The van der Waals surface area contributed by atoms with Crippen LogP contribution in [0.1, 0.15) is 46.0 Å². The molecule has 1 aliphatic carbocycles. The average molecular weight is 224 g/mol. The maximum absolute atomic E-state index is 6.44. The number of hydrogen-bond acceptors (Lipinski definition) is 2. The quantitative estimate of drug-likeness (QED) is 0.744. The lowest BCUT2D eigenvalue weighted by Crippen LogP contribution is -2.59. The van der Waals surface area contributed by atoms with Gasteiger partial charge in [-0.1, -0.05) is 25.3 Å². The Labute approximate surface area is 101 Å². The van der Waals surface area contributed by atoms with E-state index >= 15 is 0 Å². The topological polar surface area (TPSA) is 29.3 Å². The standard InChI is InChI=1S/C14H28N2/c1-11(2)9-13(15)14(16(4)5)8-6-7-12(3)10-14/h12-13H,1,6-10,15H2,2-5H3. The molecule has 3 unspecified atom stereocenters. The van der Waals surface area contributed by atoms with Gasteiger partial charge in [-0.15, -0.1) is 6.58 Å². The van der Waals surface area contributed by atoms with Gasteiger partial charge in [-0.2, -0.15) is 0 Å². The molecular formula is C14H28N2. The normalized spacial score (nSPS) is 32.8. The van der Waals surface area contributed by atoms with E-state index in [-0.39, 0.29) is 11.6 Å². The summed E-state index contributed by atoms with van der Waals surface area (Å²) in [6.45, 7) is 8.43. The summed E-state index contributed by atoms with van der Waals surface area (Å²) >= 11 is 0. The lowest BCUT2D eigenvalue weighted by molar-refractivity contribution is 0.0504. The fourth-order valence-corrected chi connectivity index (χ4v) is 3.20. The van der Waals surface area contributed by atoms with Crippen molar-refractivity contribution in [2.75, 3.05) is 14.1 Å². The highest BCUT2D eigenvalue weighted by Gasteiger charge is 2.41. The Morgan fingerprint density at radius 1 is 1.56 bits per heavy atom. The van der Waals surface area contributed by atoms with E-state index in [1.54, 1.807) is 0 Å². The number of rotatable bonds is 4. The Balaban J connectivity index is 2.82. The van der Waals surface area contributed by atoms with Crippen molar-refractivity contribution in [2.24, 2.45) is 11.7 Å². The first-order chi connectivity index (χ1) is 7.38. The van der Waals surface area contributed by atoms with Crippen LogP contribution >= 0.6 is 0 Å². The van der Waals surface area contributed by atoms with Crippen LogP contribution in [0.5, 0.6) is 0 Å². The van der Waals surface area contributed by atoms with Crippen LogP contribution in [-0.4, -0.2) is 30.6 Å². The van der Waals surface area contributed by atoms with E-state index in [1.807, 2.05) is 0 Å². The van der Waals surface area contributed by atoms with Gasteiger partial charge in [0.2, 0.25) is 0 Å². The van der Waals surface area contributed by atoms with E-state index in [0.29, 0.717) is 0 Å². The summed E-state index contributed by atoms with van der Waals surface area (Å²) in [5, 5.41) is 0. The first-order valence-corrected chi connectivity index (χ1v) is 6.46. The molecule has 0 amide bonds. The summed E-state index contributed by atoms with van der Waals surface area (Å²) in [5.74, 6) is 0.798. The van der Waals surface area contributed by atoms with Crippen LogP contribution in [0.25, 0.3) is 0 Å². The van der Waals surface area contributed by atoms with Crippen LogP contribution in [0, 0.1) is 5.92 Å². The Morgan fingerprint density at radius 3 is 2.62 bits per heavy atom. The molecule has 0 aromatic heterocycles. The van der Waals surface area contributed by atoms with Gasteiger partial charge in [0, 0.05) is 11.6 Å². The first kappa shape index (κ1) is 13.7. The second kappa shape index (κ2) is 5.33. The van der Waals surface area contributed by atoms with Gasteiger partial charge in [-0.25, -0.2) is 0 Å². The van der Waals surface area contributed by atoms with Gasteiger partial charge in [-0.05, 0) is 46.2 Å². The van der Waals surface area contributed by atoms with Crippen molar-refractivity contribution in [3.05, 3.63) is 12.2 Å². The summed E-state index contributed by atoms with van der Waals surface area (Å²) in [5.41, 5.74) is 7.84. The van der Waals surface area contributed by atoms with Gasteiger partial charge in [0.1, 0.15) is 0 Å². The van der Waals surface area contributed by atoms with Crippen molar-refractivity contribution in [3.8, 4) is 0 Å². The predicted molar refractivity (Wildman–Crippen MR) is 71.5 cm³/mol. The minimum absolute atomic E-state index is 0.191. The zero-order chi connectivity index (χ0) is 12.3. The van der Waals surface area contributed by atoms with Gasteiger partial charge >= 0.3 is 0 Å². The molecule has 1 fully saturated rings. The molecule has 0 heterocycles. The van der Waals surface area contributed by atoms with Crippen molar-refractivity contribution >= 4 is 0 Å². The average Bonchev–Trinajstić information content (AvgIpc) is 2.16. The van der Waals surface area contributed by atoms with Gasteiger partial charge in [0.15, 0.2) is 0 Å². The van der Waals surface area contributed by atoms with Gasteiger partial charge < -0.3 is 10.6 Å². The monoisotopic (exact) mass is 224 g/mol. The van der Waals surface area contributed by atoms with Crippen molar-refractivity contribution in [3.63, 3.8) is 0 Å². The highest BCUT2D eigenvalue weighted by Crippen LogP contribution is 2.38. The number of likely N-dealkylation sites (N-methyl/N-ethyl adjacent to an activating group) is 1. The first-order valence-electron chi connectivity index (χ1n) is 6.46. The van der Waals surface area contributed by atoms with Crippen LogP contribution < -0.4 is 5.73 Å².